The van der Waals surface area contributed by atoms with Crippen LogP contribution < -0.4 is 10.5 Å². The zero-order valence-corrected chi connectivity index (χ0v) is 10.4. The number of para-hydroxylation sites is 2. The molecule has 0 aliphatic rings. The molecule has 0 fully saturated rings. The maximum absolute atomic E-state index is 11.3. The molecule has 1 aromatic rings. The standard InChI is InChI=1S/C12H16N2O4/c1-14(2)11(15)7-18-12(16)8-17-10-6-4-3-5-9(10)13/h3-6H,7-8,13H2,1-2H3. The predicted molar refractivity (Wildman–Crippen MR) is 66.0 cm³/mol. The van der Waals surface area contributed by atoms with E-state index >= 15 is 0 Å². The Balaban J connectivity index is 2.34. The van der Waals surface area contributed by atoms with Crippen LogP contribution in [0.15, 0.2) is 24.3 Å². The molecule has 0 atom stereocenters. The summed E-state index contributed by atoms with van der Waals surface area (Å²) in [5, 5.41) is 0. The van der Waals surface area contributed by atoms with E-state index in [4.69, 9.17) is 15.2 Å². The van der Waals surface area contributed by atoms with E-state index < -0.39 is 5.97 Å². The van der Waals surface area contributed by atoms with E-state index in [0.29, 0.717) is 11.4 Å². The Bertz CT molecular complexity index is 432. The van der Waals surface area contributed by atoms with Gasteiger partial charge in [-0.2, -0.15) is 0 Å². The van der Waals surface area contributed by atoms with Crippen LogP contribution in [-0.2, 0) is 14.3 Å². The van der Waals surface area contributed by atoms with E-state index in [2.05, 4.69) is 0 Å². The van der Waals surface area contributed by atoms with Crippen molar-refractivity contribution in [1.82, 2.24) is 4.90 Å². The molecule has 0 radical (unpaired) electrons. The summed E-state index contributed by atoms with van der Waals surface area (Å²) in [4.78, 5) is 23.8. The summed E-state index contributed by atoms with van der Waals surface area (Å²) in [6.45, 7) is -0.575. The van der Waals surface area contributed by atoms with Crippen molar-refractivity contribution in [3.05, 3.63) is 24.3 Å². The van der Waals surface area contributed by atoms with Gasteiger partial charge >= 0.3 is 5.97 Å². The van der Waals surface area contributed by atoms with Crippen LogP contribution in [0.5, 0.6) is 5.75 Å². The maximum atomic E-state index is 11.3. The third kappa shape index (κ3) is 4.32. The molecule has 18 heavy (non-hydrogen) atoms. The van der Waals surface area contributed by atoms with E-state index in [1.54, 1.807) is 38.4 Å². The summed E-state index contributed by atoms with van der Waals surface area (Å²) in [5.74, 6) is -0.496. The van der Waals surface area contributed by atoms with Crippen molar-refractivity contribution < 1.29 is 19.1 Å². The van der Waals surface area contributed by atoms with Gasteiger partial charge in [-0.1, -0.05) is 12.1 Å². The molecule has 0 saturated heterocycles. The first-order valence-corrected chi connectivity index (χ1v) is 5.34. The molecule has 0 aliphatic carbocycles. The number of hydrogen-bond acceptors (Lipinski definition) is 5. The Kier molecular flexibility index (Phi) is 4.98. The van der Waals surface area contributed by atoms with Crippen LogP contribution >= 0.6 is 0 Å². The van der Waals surface area contributed by atoms with Crippen molar-refractivity contribution in [2.24, 2.45) is 0 Å². The van der Waals surface area contributed by atoms with Crippen molar-refractivity contribution in [1.29, 1.82) is 0 Å². The number of nitrogens with two attached hydrogens (primary N) is 1. The number of hydrogen-bond donors (Lipinski definition) is 1. The van der Waals surface area contributed by atoms with Gasteiger partial charge < -0.3 is 20.1 Å². The van der Waals surface area contributed by atoms with Crippen molar-refractivity contribution in [3.8, 4) is 5.75 Å². The lowest BCUT2D eigenvalue weighted by Crippen LogP contribution is -2.28. The van der Waals surface area contributed by atoms with Gasteiger partial charge in [0.2, 0.25) is 0 Å². The number of benzene rings is 1. The molecule has 0 unspecified atom stereocenters. The van der Waals surface area contributed by atoms with Crippen molar-refractivity contribution >= 4 is 17.6 Å². The van der Waals surface area contributed by atoms with Gasteiger partial charge in [-0.25, -0.2) is 4.79 Å². The second-order valence-electron chi connectivity index (χ2n) is 3.78. The summed E-state index contributed by atoms with van der Waals surface area (Å²) in [6.07, 6.45) is 0. The van der Waals surface area contributed by atoms with E-state index in [1.165, 1.54) is 4.90 Å². The largest absolute Gasteiger partial charge is 0.480 e. The van der Waals surface area contributed by atoms with E-state index in [9.17, 15) is 9.59 Å². The third-order valence-electron chi connectivity index (χ3n) is 2.12. The summed E-state index contributed by atoms with van der Waals surface area (Å²) < 4.78 is 9.90. The van der Waals surface area contributed by atoms with E-state index in [1.807, 2.05) is 0 Å². The Morgan fingerprint density at radius 2 is 1.89 bits per heavy atom. The molecular formula is C12H16N2O4. The molecule has 0 bridgehead atoms. The smallest absolute Gasteiger partial charge is 0.344 e. The molecule has 1 amide bonds. The van der Waals surface area contributed by atoms with Crippen LogP contribution in [0.25, 0.3) is 0 Å². The number of carbonyl (C=O) groups is 2. The number of ether oxygens (including phenoxy) is 2. The lowest BCUT2D eigenvalue weighted by atomic mass is 10.3. The lowest BCUT2D eigenvalue weighted by Gasteiger charge is -2.11. The number of esters is 1. The zero-order valence-electron chi connectivity index (χ0n) is 10.4. The fraction of sp³-hybridized carbons (Fsp3) is 0.333. The highest BCUT2D eigenvalue weighted by Crippen LogP contribution is 2.19. The van der Waals surface area contributed by atoms with Crippen molar-refractivity contribution in [2.75, 3.05) is 33.0 Å². The molecule has 0 aromatic heterocycles. The van der Waals surface area contributed by atoms with Gasteiger partial charge in [0.15, 0.2) is 13.2 Å². The molecular weight excluding hydrogens is 236 g/mol. The molecule has 0 aliphatic heterocycles. The first kappa shape index (κ1) is 13.8. The highest BCUT2D eigenvalue weighted by atomic mass is 16.6. The number of carbonyl (C=O) groups excluding carboxylic acids is 2. The Labute approximate surface area is 105 Å². The fourth-order valence-electron chi connectivity index (χ4n) is 1.06. The van der Waals surface area contributed by atoms with Gasteiger partial charge in [0, 0.05) is 14.1 Å². The van der Waals surface area contributed by atoms with Crippen LogP contribution in [0, 0.1) is 0 Å². The Morgan fingerprint density at radius 3 is 2.50 bits per heavy atom. The highest BCUT2D eigenvalue weighted by Gasteiger charge is 2.10. The van der Waals surface area contributed by atoms with Crippen LogP contribution in [0.2, 0.25) is 0 Å². The molecule has 0 heterocycles. The quantitative estimate of drug-likeness (QED) is 0.601. The van der Waals surface area contributed by atoms with Gasteiger partial charge in [-0.15, -0.1) is 0 Å². The van der Waals surface area contributed by atoms with Gasteiger partial charge in [0.1, 0.15) is 5.75 Å². The normalized spacial score (nSPS) is 9.67. The van der Waals surface area contributed by atoms with E-state index in [-0.39, 0.29) is 19.1 Å². The van der Waals surface area contributed by atoms with Gasteiger partial charge in [0.25, 0.3) is 5.91 Å². The predicted octanol–water partition coefficient (Wildman–Crippen LogP) is 0.279. The number of amides is 1. The average molecular weight is 252 g/mol. The minimum absolute atomic E-state index is 0.283. The minimum Gasteiger partial charge on any atom is -0.480 e. The topological polar surface area (TPSA) is 81.9 Å². The van der Waals surface area contributed by atoms with Crippen LogP contribution in [0.3, 0.4) is 0 Å². The fourth-order valence-corrected chi connectivity index (χ4v) is 1.06. The number of likely N-dealkylation sites (N-methyl/N-ethyl adjacent to an activating group) is 1. The van der Waals surface area contributed by atoms with Gasteiger partial charge in [-0.3, -0.25) is 4.79 Å². The van der Waals surface area contributed by atoms with Crippen LogP contribution in [-0.4, -0.2) is 44.1 Å². The number of anilines is 1. The highest BCUT2D eigenvalue weighted by molar-refractivity contribution is 5.80. The summed E-state index contributed by atoms with van der Waals surface area (Å²) in [7, 11) is 3.16. The summed E-state index contributed by atoms with van der Waals surface area (Å²) in [6, 6.07) is 6.81. The van der Waals surface area contributed by atoms with Crippen molar-refractivity contribution in [3.63, 3.8) is 0 Å². The average Bonchev–Trinajstić information content (AvgIpc) is 2.34. The van der Waals surface area contributed by atoms with Gasteiger partial charge in [0.05, 0.1) is 5.69 Å². The lowest BCUT2D eigenvalue weighted by molar-refractivity contribution is -0.152. The number of nitrogen functional groups attached to an aromatic ring is 1. The molecule has 6 nitrogen and oxygen atoms in total. The molecule has 1 aromatic carbocycles. The molecule has 6 heteroatoms. The number of nitrogens with zero attached hydrogens (tertiary/aromatic N) is 1. The first-order chi connectivity index (χ1) is 8.50. The maximum Gasteiger partial charge on any atom is 0.344 e. The second kappa shape index (κ2) is 6.48. The minimum atomic E-state index is -0.617. The Hall–Kier alpha value is -2.24. The van der Waals surface area contributed by atoms with Crippen LogP contribution in [0.1, 0.15) is 0 Å². The first-order valence-electron chi connectivity index (χ1n) is 5.34. The SMILES string of the molecule is CN(C)C(=O)COC(=O)COc1ccccc1N. The van der Waals surface area contributed by atoms with E-state index in [0.717, 1.165) is 0 Å². The number of rotatable bonds is 5. The molecule has 1 rings (SSSR count). The summed E-state index contributed by atoms with van der Waals surface area (Å²) in [5.41, 5.74) is 6.07. The van der Waals surface area contributed by atoms with Crippen molar-refractivity contribution in [2.45, 2.75) is 0 Å². The zero-order chi connectivity index (χ0) is 13.5. The van der Waals surface area contributed by atoms with Crippen LogP contribution in [0.4, 0.5) is 5.69 Å². The molecule has 98 valence electrons. The molecule has 0 spiro atoms. The summed E-state index contributed by atoms with van der Waals surface area (Å²) >= 11 is 0. The van der Waals surface area contributed by atoms with Gasteiger partial charge in [-0.05, 0) is 12.1 Å². The monoisotopic (exact) mass is 252 g/mol. The molecule has 2 N–H and O–H groups in total. The third-order valence-corrected chi connectivity index (χ3v) is 2.12. The second-order valence-corrected chi connectivity index (χ2v) is 3.78. The Morgan fingerprint density at radius 1 is 1.22 bits per heavy atom. The molecule has 0 saturated carbocycles.